The Morgan fingerprint density at radius 2 is 1.89 bits per heavy atom. The molecule has 7 nitrogen and oxygen atoms in total. The molecule has 4 rings (SSSR count). The molecule has 0 radical (unpaired) electrons. The van der Waals surface area contributed by atoms with Crippen molar-refractivity contribution in [3.8, 4) is 33.9 Å². The fourth-order valence-corrected chi connectivity index (χ4v) is 3.40. The predicted molar refractivity (Wildman–Crippen MR) is 110 cm³/mol. The molecule has 0 spiro atoms. The zero-order valence-corrected chi connectivity index (χ0v) is 16.8. The number of aromatic nitrogens is 4. The lowest BCUT2D eigenvalue weighted by Crippen LogP contribution is -2.10. The first-order chi connectivity index (χ1) is 13.5. The van der Waals surface area contributed by atoms with Crippen LogP contribution >= 0.6 is 15.9 Å². The standard InChI is InChI=1S/C20H17BrN4O3/c1-11(2)28-15-9-8-13(18(26)16(15)21)17-14(12-6-4-3-5-7-12)10-25-19(22-17)23-24-20(25)27/h3-11,26H,1-2H3,(H,24,27). The van der Waals surface area contributed by atoms with Gasteiger partial charge in [0.2, 0.25) is 0 Å². The van der Waals surface area contributed by atoms with Crippen LogP contribution in [0.5, 0.6) is 11.5 Å². The number of fused-ring (bicyclic) bond motifs is 1. The van der Waals surface area contributed by atoms with Crippen molar-refractivity contribution in [2.75, 3.05) is 0 Å². The molecule has 0 unspecified atom stereocenters. The Hall–Kier alpha value is -3.13. The van der Waals surface area contributed by atoms with Crippen molar-refractivity contribution in [1.82, 2.24) is 19.6 Å². The minimum Gasteiger partial charge on any atom is -0.506 e. The Morgan fingerprint density at radius 3 is 2.61 bits per heavy atom. The SMILES string of the molecule is CC(C)Oc1ccc(-c2nc3n[nH]c(=O)n3cc2-c2ccccc2)c(O)c1Br. The monoisotopic (exact) mass is 440 g/mol. The Balaban J connectivity index is 1.98. The third-order valence-corrected chi connectivity index (χ3v) is 4.96. The van der Waals surface area contributed by atoms with Crippen LogP contribution in [0.1, 0.15) is 13.8 Å². The maximum atomic E-state index is 12.0. The predicted octanol–water partition coefficient (Wildman–Crippen LogP) is 4.01. The Kier molecular flexibility index (Phi) is 4.64. The highest BCUT2D eigenvalue weighted by Gasteiger charge is 2.20. The molecule has 142 valence electrons. The van der Waals surface area contributed by atoms with Gasteiger partial charge >= 0.3 is 5.69 Å². The number of nitrogens with zero attached hydrogens (tertiary/aromatic N) is 3. The van der Waals surface area contributed by atoms with Gasteiger partial charge < -0.3 is 9.84 Å². The van der Waals surface area contributed by atoms with Gasteiger partial charge in [-0.1, -0.05) is 30.3 Å². The minimum absolute atomic E-state index is 0.00469. The van der Waals surface area contributed by atoms with Crippen LogP contribution in [0.3, 0.4) is 0 Å². The second kappa shape index (κ2) is 7.12. The number of phenols is 1. The highest BCUT2D eigenvalue weighted by Crippen LogP contribution is 2.43. The second-order valence-corrected chi connectivity index (χ2v) is 7.30. The maximum absolute atomic E-state index is 12.0. The molecule has 0 saturated heterocycles. The zero-order chi connectivity index (χ0) is 19.8. The lowest BCUT2D eigenvalue weighted by Gasteiger charge is -2.16. The van der Waals surface area contributed by atoms with Crippen LogP contribution in [0.15, 0.2) is 57.9 Å². The van der Waals surface area contributed by atoms with Crippen LogP contribution in [-0.4, -0.2) is 30.8 Å². The van der Waals surface area contributed by atoms with Gasteiger partial charge in [0.15, 0.2) is 0 Å². The normalized spacial score (nSPS) is 11.3. The highest BCUT2D eigenvalue weighted by atomic mass is 79.9. The largest absolute Gasteiger partial charge is 0.506 e. The smallest absolute Gasteiger partial charge is 0.348 e. The van der Waals surface area contributed by atoms with E-state index in [1.807, 2.05) is 44.2 Å². The molecule has 0 saturated carbocycles. The van der Waals surface area contributed by atoms with E-state index in [0.717, 1.165) is 5.56 Å². The van der Waals surface area contributed by atoms with Gasteiger partial charge in [0.05, 0.1) is 11.8 Å². The Labute approximate surface area is 168 Å². The van der Waals surface area contributed by atoms with Gasteiger partial charge in [-0.3, -0.25) is 0 Å². The summed E-state index contributed by atoms with van der Waals surface area (Å²) in [4.78, 5) is 16.5. The molecule has 4 aromatic rings. The zero-order valence-electron chi connectivity index (χ0n) is 15.2. The topological polar surface area (TPSA) is 92.5 Å². The van der Waals surface area contributed by atoms with Gasteiger partial charge in [-0.15, -0.1) is 5.10 Å². The Morgan fingerprint density at radius 1 is 1.14 bits per heavy atom. The number of hydrogen-bond donors (Lipinski definition) is 2. The molecule has 0 aliphatic rings. The molecule has 2 heterocycles. The van der Waals surface area contributed by atoms with E-state index in [2.05, 4.69) is 31.1 Å². The molecule has 2 aromatic carbocycles. The quantitative estimate of drug-likeness (QED) is 0.500. The van der Waals surface area contributed by atoms with Crippen molar-refractivity contribution in [3.63, 3.8) is 0 Å². The summed E-state index contributed by atoms with van der Waals surface area (Å²) in [5.74, 6) is 0.761. The number of hydrogen-bond acceptors (Lipinski definition) is 5. The van der Waals surface area contributed by atoms with Crippen molar-refractivity contribution in [3.05, 3.63) is 63.6 Å². The molecule has 0 aliphatic heterocycles. The molecule has 0 bridgehead atoms. The summed E-state index contributed by atoms with van der Waals surface area (Å²) in [7, 11) is 0. The van der Waals surface area contributed by atoms with Crippen molar-refractivity contribution in [2.45, 2.75) is 20.0 Å². The summed E-state index contributed by atoms with van der Waals surface area (Å²) in [5, 5.41) is 17.2. The molecule has 8 heteroatoms. The van der Waals surface area contributed by atoms with E-state index in [9.17, 15) is 9.90 Å². The third-order valence-electron chi connectivity index (χ3n) is 4.19. The fourth-order valence-electron chi connectivity index (χ4n) is 2.96. The Bertz CT molecular complexity index is 1220. The summed E-state index contributed by atoms with van der Waals surface area (Å²) in [5.41, 5.74) is 2.18. The third kappa shape index (κ3) is 3.16. The van der Waals surface area contributed by atoms with Gasteiger partial charge in [-0.25, -0.2) is 19.3 Å². The van der Waals surface area contributed by atoms with E-state index in [4.69, 9.17) is 4.74 Å². The molecular weight excluding hydrogens is 424 g/mol. The molecule has 2 aromatic heterocycles. The van der Waals surface area contributed by atoms with E-state index >= 15 is 0 Å². The van der Waals surface area contributed by atoms with Crippen LogP contribution in [0.2, 0.25) is 0 Å². The highest BCUT2D eigenvalue weighted by molar-refractivity contribution is 9.10. The van der Waals surface area contributed by atoms with Crippen LogP contribution in [0.4, 0.5) is 0 Å². The fraction of sp³-hybridized carbons (Fsp3) is 0.150. The lowest BCUT2D eigenvalue weighted by molar-refractivity contribution is 0.239. The molecule has 0 amide bonds. The number of nitrogens with one attached hydrogen (secondary N) is 1. The van der Waals surface area contributed by atoms with Crippen LogP contribution in [-0.2, 0) is 0 Å². The number of rotatable bonds is 4. The van der Waals surface area contributed by atoms with Crippen molar-refractivity contribution < 1.29 is 9.84 Å². The maximum Gasteiger partial charge on any atom is 0.348 e. The number of ether oxygens (including phenoxy) is 1. The second-order valence-electron chi connectivity index (χ2n) is 6.51. The van der Waals surface area contributed by atoms with Crippen molar-refractivity contribution in [1.29, 1.82) is 0 Å². The first kappa shape index (κ1) is 18.2. The summed E-state index contributed by atoms with van der Waals surface area (Å²) in [6.07, 6.45) is 1.64. The number of aromatic amines is 1. The van der Waals surface area contributed by atoms with Gasteiger partial charge in [0.25, 0.3) is 5.78 Å². The summed E-state index contributed by atoms with van der Waals surface area (Å²) in [6, 6.07) is 13.1. The average Bonchev–Trinajstić information content (AvgIpc) is 3.05. The number of phenolic OH excluding ortho intramolecular Hbond substituents is 1. The van der Waals surface area contributed by atoms with Crippen LogP contribution in [0, 0.1) is 0 Å². The molecular formula is C20H17BrN4O3. The van der Waals surface area contributed by atoms with Gasteiger partial charge in [-0.05, 0) is 47.5 Å². The summed E-state index contributed by atoms with van der Waals surface area (Å²) < 4.78 is 7.50. The molecule has 0 fully saturated rings. The number of halogens is 1. The van der Waals surface area contributed by atoms with Crippen LogP contribution < -0.4 is 10.4 Å². The average molecular weight is 441 g/mol. The van der Waals surface area contributed by atoms with Crippen molar-refractivity contribution in [2.24, 2.45) is 0 Å². The van der Waals surface area contributed by atoms with E-state index in [1.54, 1.807) is 18.3 Å². The summed E-state index contributed by atoms with van der Waals surface area (Å²) >= 11 is 3.41. The number of benzene rings is 2. The minimum atomic E-state index is -0.377. The van der Waals surface area contributed by atoms with Crippen molar-refractivity contribution >= 4 is 21.7 Å². The first-order valence-corrected chi connectivity index (χ1v) is 9.46. The van der Waals surface area contributed by atoms with Gasteiger partial charge in [-0.2, -0.15) is 0 Å². The number of H-pyrrole nitrogens is 1. The first-order valence-electron chi connectivity index (χ1n) is 8.67. The van der Waals surface area contributed by atoms with E-state index in [-0.39, 0.29) is 23.3 Å². The molecule has 28 heavy (non-hydrogen) atoms. The summed E-state index contributed by atoms with van der Waals surface area (Å²) in [6.45, 7) is 3.82. The van der Waals surface area contributed by atoms with Gasteiger partial charge in [0, 0.05) is 17.3 Å². The molecule has 0 aliphatic carbocycles. The van der Waals surface area contributed by atoms with E-state index in [0.29, 0.717) is 27.0 Å². The molecule has 0 atom stereocenters. The van der Waals surface area contributed by atoms with E-state index in [1.165, 1.54) is 4.40 Å². The lowest BCUT2D eigenvalue weighted by atomic mass is 10.00. The van der Waals surface area contributed by atoms with E-state index < -0.39 is 0 Å². The molecule has 2 N–H and O–H groups in total. The van der Waals surface area contributed by atoms with Crippen LogP contribution in [0.25, 0.3) is 28.2 Å². The number of aromatic hydroxyl groups is 1. The van der Waals surface area contributed by atoms with Gasteiger partial charge in [0.1, 0.15) is 16.0 Å².